The third kappa shape index (κ3) is 4.51. The van der Waals surface area contributed by atoms with E-state index in [1.54, 1.807) is 18.2 Å². The predicted molar refractivity (Wildman–Crippen MR) is 112 cm³/mol. The molecule has 0 aliphatic heterocycles. The molecular weight excluding hydrogens is 368 g/mol. The van der Waals surface area contributed by atoms with E-state index >= 15 is 0 Å². The molecule has 1 heterocycles. The van der Waals surface area contributed by atoms with Crippen molar-refractivity contribution in [2.45, 2.75) is 39.8 Å². The Labute approximate surface area is 168 Å². The number of benzene rings is 2. The van der Waals surface area contributed by atoms with Crippen LogP contribution in [0.25, 0.3) is 5.69 Å². The summed E-state index contributed by atoms with van der Waals surface area (Å²) in [6.45, 7) is 5.72. The lowest BCUT2D eigenvalue weighted by Gasteiger charge is -2.14. The van der Waals surface area contributed by atoms with E-state index in [-0.39, 0.29) is 18.3 Å². The predicted octanol–water partition coefficient (Wildman–Crippen LogP) is 2.28. The van der Waals surface area contributed by atoms with Gasteiger partial charge in [-0.3, -0.25) is 14.2 Å². The first-order valence-electron chi connectivity index (χ1n) is 9.56. The smallest absolute Gasteiger partial charge is 0.348 e. The topological polar surface area (TPSA) is 86.0 Å². The van der Waals surface area contributed by atoms with Crippen molar-refractivity contribution in [2.24, 2.45) is 0 Å². The van der Waals surface area contributed by atoms with Crippen LogP contribution in [0.15, 0.2) is 64.2 Å². The summed E-state index contributed by atoms with van der Waals surface area (Å²) in [5.41, 5.74) is 0.606. The highest BCUT2D eigenvalue weighted by molar-refractivity contribution is 5.91. The van der Waals surface area contributed by atoms with Crippen LogP contribution in [0.2, 0.25) is 0 Å². The number of nitrogens with one attached hydrogen (secondary N) is 1. The zero-order valence-electron chi connectivity index (χ0n) is 16.8. The van der Waals surface area contributed by atoms with Crippen LogP contribution in [0.3, 0.4) is 0 Å². The molecule has 2 aromatic carbocycles. The molecule has 0 saturated heterocycles. The molecule has 7 heteroatoms. The minimum absolute atomic E-state index is 0.0520. The fourth-order valence-electron chi connectivity index (χ4n) is 2.88. The van der Waals surface area contributed by atoms with Crippen LogP contribution in [0.1, 0.15) is 41.9 Å². The van der Waals surface area contributed by atoms with E-state index in [9.17, 15) is 14.4 Å². The lowest BCUT2D eigenvalue weighted by molar-refractivity contribution is 0.0929. The van der Waals surface area contributed by atoms with Crippen molar-refractivity contribution in [2.75, 3.05) is 0 Å². The highest BCUT2D eigenvalue weighted by Crippen LogP contribution is 2.07. The quantitative estimate of drug-likeness (QED) is 0.697. The number of carbonyl (C=O) groups is 1. The zero-order chi connectivity index (χ0) is 21.0. The summed E-state index contributed by atoms with van der Waals surface area (Å²) < 4.78 is 2.17. The molecule has 0 spiro atoms. The lowest BCUT2D eigenvalue weighted by Crippen LogP contribution is -2.47. The third-order valence-corrected chi connectivity index (χ3v) is 4.69. The normalized spacial score (nSPS) is 11.8. The first-order chi connectivity index (χ1) is 13.9. The maximum absolute atomic E-state index is 13.1. The van der Waals surface area contributed by atoms with Gasteiger partial charge in [-0.25, -0.2) is 4.79 Å². The van der Waals surface area contributed by atoms with Crippen molar-refractivity contribution in [1.82, 2.24) is 19.7 Å². The largest absolute Gasteiger partial charge is 0.352 e. The van der Waals surface area contributed by atoms with Crippen LogP contribution >= 0.6 is 0 Å². The van der Waals surface area contributed by atoms with Gasteiger partial charge in [0.1, 0.15) is 0 Å². The molecule has 0 aliphatic rings. The summed E-state index contributed by atoms with van der Waals surface area (Å²) in [5.74, 6) is -0.590. The van der Waals surface area contributed by atoms with Gasteiger partial charge in [0.25, 0.3) is 11.5 Å². The second-order valence-corrected chi connectivity index (χ2v) is 7.04. The van der Waals surface area contributed by atoms with Gasteiger partial charge in [0, 0.05) is 6.04 Å². The molecule has 0 aliphatic carbocycles. The molecule has 1 aromatic heterocycles. The fraction of sp³-hybridized carbons (Fsp3) is 0.273. The molecule has 0 fully saturated rings. The van der Waals surface area contributed by atoms with Crippen LogP contribution in [0, 0.1) is 6.92 Å². The van der Waals surface area contributed by atoms with Crippen LogP contribution in [0.4, 0.5) is 0 Å². The van der Waals surface area contributed by atoms with Crippen LogP contribution < -0.4 is 16.6 Å². The first-order valence-corrected chi connectivity index (χ1v) is 9.56. The number of carbonyl (C=O) groups excluding carboxylic acids is 1. The average Bonchev–Trinajstić information content (AvgIpc) is 2.71. The monoisotopic (exact) mass is 392 g/mol. The lowest BCUT2D eigenvalue weighted by atomic mass is 10.2. The third-order valence-electron chi connectivity index (χ3n) is 4.69. The van der Waals surface area contributed by atoms with Crippen molar-refractivity contribution in [3.8, 4) is 5.69 Å². The molecule has 3 rings (SSSR count). The van der Waals surface area contributed by atoms with Gasteiger partial charge in [-0.15, -0.1) is 0 Å². The Hall–Kier alpha value is -3.48. The molecule has 1 amide bonds. The van der Waals surface area contributed by atoms with Crippen LogP contribution in [0.5, 0.6) is 0 Å². The van der Waals surface area contributed by atoms with Gasteiger partial charge in [-0.1, -0.05) is 49.4 Å². The molecule has 0 bridgehead atoms. The summed E-state index contributed by atoms with van der Waals surface area (Å²) >= 11 is 0. The average molecular weight is 392 g/mol. The van der Waals surface area contributed by atoms with E-state index in [2.05, 4.69) is 10.4 Å². The SMILES string of the molecule is CCC(C)NC(=O)c1nn(-c2cccc(C)c2)c(=O)n(Cc2ccccc2)c1=O. The Morgan fingerprint density at radius 2 is 1.83 bits per heavy atom. The Morgan fingerprint density at radius 1 is 1.10 bits per heavy atom. The number of aryl methyl sites for hydroxylation is 1. The number of amides is 1. The van der Waals surface area contributed by atoms with Gasteiger partial charge in [0.05, 0.1) is 12.2 Å². The van der Waals surface area contributed by atoms with E-state index < -0.39 is 17.2 Å². The number of nitrogens with zero attached hydrogens (tertiary/aromatic N) is 3. The Morgan fingerprint density at radius 3 is 2.48 bits per heavy atom. The van der Waals surface area contributed by atoms with Crippen molar-refractivity contribution < 1.29 is 4.79 Å². The summed E-state index contributed by atoms with van der Waals surface area (Å²) in [7, 11) is 0. The van der Waals surface area contributed by atoms with Crippen LogP contribution in [-0.4, -0.2) is 26.3 Å². The minimum atomic E-state index is -0.705. The van der Waals surface area contributed by atoms with Crippen molar-refractivity contribution in [3.05, 3.63) is 92.3 Å². The van der Waals surface area contributed by atoms with Gasteiger partial charge in [0.2, 0.25) is 5.69 Å². The number of aromatic nitrogens is 3. The molecule has 29 heavy (non-hydrogen) atoms. The summed E-state index contributed by atoms with van der Waals surface area (Å²) in [4.78, 5) is 38.8. The van der Waals surface area contributed by atoms with Crippen LogP contribution in [-0.2, 0) is 6.54 Å². The molecule has 0 radical (unpaired) electrons. The Balaban J connectivity index is 2.19. The maximum atomic E-state index is 13.1. The molecule has 1 atom stereocenters. The molecule has 1 N–H and O–H groups in total. The first kappa shape index (κ1) is 20.3. The number of hydrogen-bond acceptors (Lipinski definition) is 4. The second-order valence-electron chi connectivity index (χ2n) is 7.04. The van der Waals surface area contributed by atoms with Gasteiger partial charge in [-0.2, -0.15) is 9.78 Å². The molecule has 3 aromatic rings. The highest BCUT2D eigenvalue weighted by Gasteiger charge is 2.21. The molecular formula is C22H24N4O3. The van der Waals surface area contributed by atoms with E-state index in [1.165, 1.54) is 0 Å². The van der Waals surface area contributed by atoms with E-state index in [0.29, 0.717) is 12.1 Å². The van der Waals surface area contributed by atoms with Gasteiger partial charge >= 0.3 is 5.69 Å². The standard InChI is InChI=1S/C22H24N4O3/c1-4-16(3)23-20(27)19-21(28)25(14-17-10-6-5-7-11-17)22(29)26(24-19)18-12-8-9-15(2)13-18/h5-13,16H,4,14H2,1-3H3,(H,23,27). The van der Waals surface area contributed by atoms with E-state index in [1.807, 2.05) is 57.2 Å². The van der Waals surface area contributed by atoms with Gasteiger partial charge < -0.3 is 5.32 Å². The van der Waals surface area contributed by atoms with Crippen molar-refractivity contribution >= 4 is 5.91 Å². The maximum Gasteiger partial charge on any atom is 0.352 e. The van der Waals surface area contributed by atoms with E-state index in [0.717, 1.165) is 20.4 Å². The number of rotatable bonds is 6. The molecule has 1 unspecified atom stereocenters. The van der Waals surface area contributed by atoms with Crippen molar-refractivity contribution in [3.63, 3.8) is 0 Å². The van der Waals surface area contributed by atoms with Gasteiger partial charge in [0.15, 0.2) is 0 Å². The highest BCUT2D eigenvalue weighted by atomic mass is 16.2. The fourth-order valence-corrected chi connectivity index (χ4v) is 2.88. The number of hydrogen-bond donors (Lipinski definition) is 1. The summed E-state index contributed by atoms with van der Waals surface area (Å²) in [6.07, 6.45) is 0.710. The Kier molecular flexibility index (Phi) is 6.07. The van der Waals surface area contributed by atoms with E-state index in [4.69, 9.17) is 0 Å². The zero-order valence-corrected chi connectivity index (χ0v) is 16.8. The molecule has 7 nitrogen and oxygen atoms in total. The minimum Gasteiger partial charge on any atom is -0.348 e. The summed E-state index contributed by atoms with van der Waals surface area (Å²) in [6, 6.07) is 16.2. The Bertz CT molecular complexity index is 1130. The summed E-state index contributed by atoms with van der Waals surface area (Å²) in [5, 5.41) is 6.89. The van der Waals surface area contributed by atoms with Crippen molar-refractivity contribution in [1.29, 1.82) is 0 Å². The van der Waals surface area contributed by atoms with Gasteiger partial charge in [-0.05, 0) is 43.5 Å². The molecule has 0 saturated carbocycles. The second kappa shape index (κ2) is 8.68. The molecule has 150 valence electrons.